The van der Waals surface area contributed by atoms with Crippen LogP contribution in [0, 0.1) is 6.92 Å². The molecule has 0 atom stereocenters. The Bertz CT molecular complexity index is 1110. The van der Waals surface area contributed by atoms with Crippen LogP contribution in [0.1, 0.15) is 22.3 Å². The first-order valence-corrected chi connectivity index (χ1v) is 10.8. The fourth-order valence-electron chi connectivity index (χ4n) is 4.28. The summed E-state index contributed by atoms with van der Waals surface area (Å²) < 4.78 is 5.47. The number of hydrogen-bond acceptors (Lipinski definition) is 5. The molecule has 1 aromatic heterocycles. The average molecular weight is 415 g/mol. The maximum Gasteiger partial charge on any atom is 0.227 e. The van der Waals surface area contributed by atoms with Crippen LogP contribution in [0.3, 0.4) is 0 Å². The number of carbonyl (C=O) groups excluding carboxylic acids is 1. The lowest BCUT2D eigenvalue weighted by molar-refractivity contribution is -0.131. The van der Waals surface area contributed by atoms with Crippen molar-refractivity contribution in [2.45, 2.75) is 26.4 Å². The molecule has 2 aliphatic heterocycles. The highest BCUT2D eigenvalue weighted by atomic mass is 16.5. The molecular formula is C25H26N4O2. The van der Waals surface area contributed by atoms with Crippen LogP contribution >= 0.6 is 0 Å². The van der Waals surface area contributed by atoms with E-state index in [2.05, 4.69) is 35.0 Å². The van der Waals surface area contributed by atoms with Gasteiger partial charge in [0, 0.05) is 43.5 Å². The zero-order chi connectivity index (χ0) is 21.2. The van der Waals surface area contributed by atoms with Crippen LogP contribution in [0.4, 0.5) is 5.95 Å². The van der Waals surface area contributed by atoms with Crippen LogP contribution in [0.25, 0.3) is 11.3 Å². The fraction of sp³-hybridized carbons (Fsp3) is 0.320. The molecule has 2 aromatic carbocycles. The van der Waals surface area contributed by atoms with E-state index in [0.29, 0.717) is 32.7 Å². The van der Waals surface area contributed by atoms with E-state index in [1.165, 1.54) is 0 Å². The Morgan fingerprint density at radius 1 is 1.00 bits per heavy atom. The van der Waals surface area contributed by atoms with Gasteiger partial charge in [0.1, 0.15) is 0 Å². The lowest BCUT2D eigenvalue weighted by Crippen LogP contribution is -2.37. The minimum absolute atomic E-state index is 0.120. The molecule has 2 aliphatic rings. The first-order valence-electron chi connectivity index (χ1n) is 10.8. The highest BCUT2D eigenvalue weighted by Crippen LogP contribution is 2.32. The van der Waals surface area contributed by atoms with E-state index in [-0.39, 0.29) is 5.91 Å². The van der Waals surface area contributed by atoms with Gasteiger partial charge in [-0.1, -0.05) is 48.5 Å². The predicted octanol–water partition coefficient (Wildman–Crippen LogP) is 3.37. The van der Waals surface area contributed by atoms with E-state index in [1.54, 1.807) is 0 Å². The molecule has 1 amide bonds. The van der Waals surface area contributed by atoms with Crippen LogP contribution in [0.2, 0.25) is 0 Å². The summed E-state index contributed by atoms with van der Waals surface area (Å²) in [4.78, 5) is 27.0. The Morgan fingerprint density at radius 3 is 2.58 bits per heavy atom. The van der Waals surface area contributed by atoms with Crippen molar-refractivity contribution in [3.05, 3.63) is 77.0 Å². The first kappa shape index (κ1) is 19.7. The number of aryl methyl sites for hydroxylation is 1. The number of ether oxygens (including phenoxy) is 1. The molecule has 31 heavy (non-hydrogen) atoms. The number of hydrogen-bond donors (Lipinski definition) is 0. The van der Waals surface area contributed by atoms with Crippen molar-refractivity contribution < 1.29 is 9.53 Å². The standard InChI is InChI=1S/C25H26N4O2/c1-18-6-2-3-7-19(18)14-23(30)29-16-20-8-4-5-9-22(20)24-21(17-29)15-26-25(27-24)28-10-12-31-13-11-28/h2-9,15H,10-14,16-17H2,1H3. The molecule has 0 spiro atoms. The molecule has 1 fully saturated rings. The van der Waals surface area contributed by atoms with Crippen molar-refractivity contribution in [3.63, 3.8) is 0 Å². The third-order valence-electron chi connectivity index (χ3n) is 6.10. The van der Waals surface area contributed by atoms with E-state index in [9.17, 15) is 4.79 Å². The molecule has 158 valence electrons. The molecule has 6 heteroatoms. The minimum Gasteiger partial charge on any atom is -0.378 e. The lowest BCUT2D eigenvalue weighted by atomic mass is 10.0. The predicted molar refractivity (Wildman–Crippen MR) is 120 cm³/mol. The van der Waals surface area contributed by atoms with Gasteiger partial charge in [-0.3, -0.25) is 4.79 Å². The Hall–Kier alpha value is -3.25. The number of anilines is 1. The van der Waals surface area contributed by atoms with Gasteiger partial charge >= 0.3 is 0 Å². The molecule has 0 unspecified atom stereocenters. The summed E-state index contributed by atoms with van der Waals surface area (Å²) in [5.74, 6) is 0.853. The van der Waals surface area contributed by atoms with Gasteiger partial charge in [-0.15, -0.1) is 0 Å². The molecule has 3 aromatic rings. The SMILES string of the molecule is Cc1ccccc1CC(=O)N1Cc2ccccc2-c2nc(N3CCOCC3)ncc2C1. The van der Waals surface area contributed by atoms with Gasteiger partial charge in [-0.2, -0.15) is 0 Å². The van der Waals surface area contributed by atoms with E-state index in [4.69, 9.17) is 9.72 Å². The lowest BCUT2D eigenvalue weighted by Gasteiger charge is -2.27. The van der Waals surface area contributed by atoms with Gasteiger partial charge in [-0.25, -0.2) is 9.97 Å². The number of fused-ring (bicyclic) bond motifs is 3. The summed E-state index contributed by atoms with van der Waals surface area (Å²) in [7, 11) is 0. The van der Waals surface area contributed by atoms with E-state index < -0.39 is 0 Å². The maximum absolute atomic E-state index is 13.3. The van der Waals surface area contributed by atoms with Crippen LogP contribution < -0.4 is 4.90 Å². The quantitative estimate of drug-likeness (QED) is 0.658. The zero-order valence-electron chi connectivity index (χ0n) is 17.8. The maximum atomic E-state index is 13.3. The highest BCUT2D eigenvalue weighted by Gasteiger charge is 2.25. The summed E-state index contributed by atoms with van der Waals surface area (Å²) in [6.07, 6.45) is 2.29. The molecular weight excluding hydrogens is 388 g/mol. The van der Waals surface area contributed by atoms with Crippen molar-refractivity contribution in [1.29, 1.82) is 0 Å². The Morgan fingerprint density at radius 2 is 1.74 bits per heavy atom. The highest BCUT2D eigenvalue weighted by molar-refractivity contribution is 5.81. The van der Waals surface area contributed by atoms with Gasteiger partial charge in [0.05, 0.1) is 25.3 Å². The van der Waals surface area contributed by atoms with E-state index >= 15 is 0 Å². The minimum atomic E-state index is 0.120. The monoisotopic (exact) mass is 414 g/mol. The van der Waals surface area contributed by atoms with Crippen molar-refractivity contribution in [3.8, 4) is 11.3 Å². The molecule has 3 heterocycles. The zero-order valence-corrected chi connectivity index (χ0v) is 17.8. The summed E-state index contributed by atoms with van der Waals surface area (Å²) >= 11 is 0. The van der Waals surface area contributed by atoms with E-state index in [1.807, 2.05) is 41.4 Å². The third-order valence-corrected chi connectivity index (χ3v) is 6.10. The summed E-state index contributed by atoms with van der Waals surface area (Å²) in [5, 5.41) is 0. The molecule has 1 saturated heterocycles. The summed E-state index contributed by atoms with van der Waals surface area (Å²) in [5.41, 5.74) is 6.33. The Kier molecular flexibility index (Phi) is 5.38. The normalized spacial score (nSPS) is 15.8. The Labute approximate surface area is 182 Å². The second-order valence-electron chi connectivity index (χ2n) is 8.15. The molecule has 0 aliphatic carbocycles. The van der Waals surface area contributed by atoms with Crippen molar-refractivity contribution >= 4 is 11.9 Å². The molecule has 0 bridgehead atoms. The molecule has 5 rings (SSSR count). The van der Waals surface area contributed by atoms with Crippen molar-refractivity contribution in [2.75, 3.05) is 31.2 Å². The topological polar surface area (TPSA) is 58.6 Å². The van der Waals surface area contributed by atoms with Gasteiger partial charge in [-0.05, 0) is 23.6 Å². The molecule has 6 nitrogen and oxygen atoms in total. The number of carbonyl (C=O) groups is 1. The molecule has 0 saturated carbocycles. The third kappa shape index (κ3) is 4.03. The molecule has 0 radical (unpaired) electrons. The second kappa shape index (κ2) is 8.47. The second-order valence-corrected chi connectivity index (χ2v) is 8.15. The van der Waals surface area contributed by atoms with Crippen LogP contribution in [0.5, 0.6) is 0 Å². The first-order chi connectivity index (χ1) is 15.2. The van der Waals surface area contributed by atoms with Crippen LogP contribution in [-0.2, 0) is 29.0 Å². The number of rotatable bonds is 3. The van der Waals surface area contributed by atoms with Crippen molar-refractivity contribution in [2.24, 2.45) is 0 Å². The summed E-state index contributed by atoms with van der Waals surface area (Å²) in [6.45, 7) is 6.11. The van der Waals surface area contributed by atoms with Crippen LogP contribution in [0.15, 0.2) is 54.7 Å². The fourth-order valence-corrected chi connectivity index (χ4v) is 4.28. The van der Waals surface area contributed by atoms with Crippen molar-refractivity contribution in [1.82, 2.24) is 14.9 Å². The number of amides is 1. The molecule has 0 N–H and O–H groups in total. The average Bonchev–Trinajstić information content (AvgIpc) is 2.98. The summed E-state index contributed by atoms with van der Waals surface area (Å²) in [6, 6.07) is 16.3. The van der Waals surface area contributed by atoms with Gasteiger partial charge in [0.15, 0.2) is 0 Å². The number of benzene rings is 2. The van der Waals surface area contributed by atoms with Gasteiger partial charge in [0.25, 0.3) is 0 Å². The smallest absolute Gasteiger partial charge is 0.227 e. The number of morpholine rings is 1. The largest absolute Gasteiger partial charge is 0.378 e. The Balaban J connectivity index is 1.48. The van der Waals surface area contributed by atoms with Gasteiger partial charge in [0.2, 0.25) is 11.9 Å². The number of aromatic nitrogens is 2. The number of nitrogens with zero attached hydrogens (tertiary/aromatic N) is 4. The van der Waals surface area contributed by atoms with Gasteiger partial charge < -0.3 is 14.5 Å². The van der Waals surface area contributed by atoms with E-state index in [0.717, 1.165) is 52.5 Å². The van der Waals surface area contributed by atoms with Crippen LogP contribution in [-0.4, -0.2) is 47.1 Å².